The van der Waals surface area contributed by atoms with Crippen LogP contribution in [0.5, 0.6) is 0 Å². The molecule has 1 aromatic heterocycles. The molecule has 3 nitrogen and oxygen atoms in total. The van der Waals surface area contributed by atoms with Gasteiger partial charge in [-0.15, -0.1) is 0 Å². The summed E-state index contributed by atoms with van der Waals surface area (Å²) in [6, 6.07) is 8.49. The van der Waals surface area contributed by atoms with Gasteiger partial charge in [-0.1, -0.05) is 24.3 Å². The van der Waals surface area contributed by atoms with E-state index < -0.39 is 0 Å². The minimum absolute atomic E-state index is 0.0895. The number of aromatic nitrogens is 1. The molecular formula is C17H24N2O. The molecule has 0 aliphatic heterocycles. The predicted molar refractivity (Wildman–Crippen MR) is 81.7 cm³/mol. The fraction of sp³-hybridized carbons (Fsp3) is 0.471. The second-order valence-corrected chi connectivity index (χ2v) is 6.25. The fourth-order valence-electron chi connectivity index (χ4n) is 2.13. The molecule has 1 heterocycles. The van der Waals surface area contributed by atoms with Crippen LogP contribution in [-0.4, -0.2) is 10.5 Å². The molecule has 2 rings (SSSR count). The van der Waals surface area contributed by atoms with Crippen LogP contribution in [-0.2, 0) is 19.4 Å². The Bertz CT molecular complexity index is 552. The number of oxazole rings is 1. The first kappa shape index (κ1) is 14.8. The summed E-state index contributed by atoms with van der Waals surface area (Å²) >= 11 is 0. The van der Waals surface area contributed by atoms with E-state index in [-0.39, 0.29) is 5.54 Å². The number of aryl methyl sites for hydroxylation is 3. The van der Waals surface area contributed by atoms with Crippen LogP contribution in [0.25, 0.3) is 0 Å². The number of hydrogen-bond donors (Lipinski definition) is 1. The quantitative estimate of drug-likeness (QED) is 0.902. The van der Waals surface area contributed by atoms with Gasteiger partial charge in [-0.2, -0.15) is 0 Å². The lowest BCUT2D eigenvalue weighted by Crippen LogP contribution is -2.35. The summed E-state index contributed by atoms with van der Waals surface area (Å²) in [7, 11) is 0. The Morgan fingerprint density at radius 3 is 2.60 bits per heavy atom. The first-order valence-electron chi connectivity index (χ1n) is 7.16. The van der Waals surface area contributed by atoms with Crippen molar-refractivity contribution in [3.8, 4) is 0 Å². The molecule has 3 heteroatoms. The van der Waals surface area contributed by atoms with Gasteiger partial charge in [0.25, 0.3) is 0 Å². The van der Waals surface area contributed by atoms with Crippen LogP contribution in [0.3, 0.4) is 0 Å². The van der Waals surface area contributed by atoms with E-state index in [1.807, 2.05) is 0 Å². The van der Waals surface area contributed by atoms with Crippen LogP contribution in [0.15, 0.2) is 35.1 Å². The second-order valence-electron chi connectivity index (χ2n) is 6.25. The molecule has 0 aliphatic rings. The van der Waals surface area contributed by atoms with Gasteiger partial charge >= 0.3 is 0 Å². The Labute approximate surface area is 121 Å². The highest BCUT2D eigenvalue weighted by Crippen LogP contribution is 2.14. The fourth-order valence-corrected chi connectivity index (χ4v) is 2.13. The van der Waals surface area contributed by atoms with Crippen LogP contribution < -0.4 is 5.32 Å². The number of hydrogen-bond acceptors (Lipinski definition) is 3. The highest BCUT2D eigenvalue weighted by atomic mass is 16.3. The van der Waals surface area contributed by atoms with Crippen LogP contribution in [0.4, 0.5) is 0 Å². The average Bonchev–Trinajstić information content (AvgIpc) is 2.82. The Balaban J connectivity index is 1.97. The van der Waals surface area contributed by atoms with Gasteiger partial charge < -0.3 is 9.73 Å². The lowest BCUT2D eigenvalue weighted by molar-refractivity contribution is 0.417. The molecule has 0 spiro atoms. The second kappa shape index (κ2) is 6.23. The minimum atomic E-state index is 0.0895. The van der Waals surface area contributed by atoms with Crippen LogP contribution in [0, 0.1) is 6.92 Å². The molecule has 0 atom stereocenters. The largest absolute Gasteiger partial charge is 0.448 e. The topological polar surface area (TPSA) is 38.1 Å². The van der Waals surface area contributed by atoms with E-state index in [1.165, 1.54) is 11.1 Å². The first-order chi connectivity index (χ1) is 9.46. The summed E-state index contributed by atoms with van der Waals surface area (Å²) in [6.07, 6.45) is 3.43. The minimum Gasteiger partial charge on any atom is -0.448 e. The third-order valence-corrected chi connectivity index (χ3v) is 3.39. The van der Waals surface area contributed by atoms with Crippen LogP contribution in [0.1, 0.15) is 43.4 Å². The van der Waals surface area contributed by atoms with Gasteiger partial charge in [-0.05, 0) is 45.2 Å². The van der Waals surface area contributed by atoms with Crippen LogP contribution >= 0.6 is 0 Å². The molecule has 108 valence electrons. The molecule has 2 aromatic rings. The summed E-state index contributed by atoms with van der Waals surface area (Å²) in [5.41, 5.74) is 3.82. The maximum Gasteiger partial charge on any atom is 0.181 e. The average molecular weight is 272 g/mol. The zero-order valence-corrected chi connectivity index (χ0v) is 12.9. The number of benzene rings is 1. The van der Waals surface area contributed by atoms with Gasteiger partial charge in [0.15, 0.2) is 6.39 Å². The molecule has 0 aliphatic carbocycles. The molecular weight excluding hydrogens is 248 g/mol. The standard InChI is InChI=1S/C17H24N2O/c1-13-7-5-6-8-14(13)9-10-16-15(18-12-20-16)11-19-17(2,3)4/h5-8,12,19H,9-11H2,1-4H3. The maximum absolute atomic E-state index is 5.54. The molecule has 0 fully saturated rings. The number of rotatable bonds is 5. The molecule has 0 unspecified atom stereocenters. The van der Waals surface area contributed by atoms with Gasteiger partial charge in [-0.3, -0.25) is 0 Å². The summed E-state index contributed by atoms with van der Waals surface area (Å²) < 4.78 is 5.54. The zero-order valence-electron chi connectivity index (χ0n) is 12.9. The van der Waals surface area contributed by atoms with Crippen LogP contribution in [0.2, 0.25) is 0 Å². The van der Waals surface area contributed by atoms with Crippen molar-refractivity contribution in [2.75, 3.05) is 0 Å². The normalized spacial score (nSPS) is 11.8. The van der Waals surface area contributed by atoms with E-state index in [1.54, 1.807) is 6.39 Å². The maximum atomic E-state index is 5.54. The van der Waals surface area contributed by atoms with Crippen molar-refractivity contribution in [3.63, 3.8) is 0 Å². The van der Waals surface area contributed by atoms with Gasteiger partial charge in [0.2, 0.25) is 0 Å². The van der Waals surface area contributed by atoms with Gasteiger partial charge in [0, 0.05) is 18.5 Å². The van der Waals surface area contributed by atoms with E-state index >= 15 is 0 Å². The van der Waals surface area contributed by atoms with Crippen molar-refractivity contribution in [1.29, 1.82) is 0 Å². The Morgan fingerprint density at radius 2 is 1.90 bits per heavy atom. The van der Waals surface area contributed by atoms with Crippen molar-refractivity contribution in [2.45, 2.75) is 52.6 Å². The van der Waals surface area contributed by atoms with Crippen molar-refractivity contribution in [1.82, 2.24) is 10.3 Å². The van der Waals surface area contributed by atoms with E-state index in [0.717, 1.165) is 30.8 Å². The smallest absolute Gasteiger partial charge is 0.181 e. The molecule has 0 saturated carbocycles. The van der Waals surface area contributed by atoms with Crippen molar-refractivity contribution in [3.05, 3.63) is 53.2 Å². The van der Waals surface area contributed by atoms with Crippen molar-refractivity contribution in [2.24, 2.45) is 0 Å². The number of nitrogens with one attached hydrogen (secondary N) is 1. The number of nitrogens with zero attached hydrogens (tertiary/aromatic N) is 1. The van der Waals surface area contributed by atoms with E-state index in [0.29, 0.717) is 0 Å². The Hall–Kier alpha value is -1.61. The highest BCUT2D eigenvalue weighted by Gasteiger charge is 2.13. The van der Waals surface area contributed by atoms with E-state index in [2.05, 4.69) is 62.3 Å². The molecule has 0 saturated heterocycles. The monoisotopic (exact) mass is 272 g/mol. The molecule has 1 aromatic carbocycles. The molecule has 0 bridgehead atoms. The molecule has 0 radical (unpaired) electrons. The lowest BCUT2D eigenvalue weighted by Gasteiger charge is -2.19. The summed E-state index contributed by atoms with van der Waals surface area (Å²) in [4.78, 5) is 4.32. The summed E-state index contributed by atoms with van der Waals surface area (Å²) in [6.45, 7) is 9.36. The first-order valence-corrected chi connectivity index (χ1v) is 7.16. The lowest BCUT2D eigenvalue weighted by atomic mass is 10.0. The SMILES string of the molecule is Cc1ccccc1CCc1ocnc1CNC(C)(C)C. The third-order valence-electron chi connectivity index (χ3n) is 3.39. The predicted octanol–water partition coefficient (Wildman–Crippen LogP) is 3.66. The van der Waals surface area contributed by atoms with Crippen molar-refractivity contribution >= 4 is 0 Å². The summed E-state index contributed by atoms with van der Waals surface area (Å²) in [5.74, 6) is 0.991. The van der Waals surface area contributed by atoms with Gasteiger partial charge in [-0.25, -0.2) is 4.98 Å². The van der Waals surface area contributed by atoms with E-state index in [4.69, 9.17) is 4.42 Å². The zero-order chi connectivity index (χ0) is 14.6. The highest BCUT2D eigenvalue weighted by molar-refractivity contribution is 5.26. The molecule has 20 heavy (non-hydrogen) atoms. The Kier molecular flexibility index (Phi) is 4.61. The summed E-state index contributed by atoms with van der Waals surface area (Å²) in [5, 5.41) is 3.45. The Morgan fingerprint density at radius 1 is 1.15 bits per heavy atom. The molecule has 0 amide bonds. The van der Waals surface area contributed by atoms with Gasteiger partial charge in [0.1, 0.15) is 5.76 Å². The van der Waals surface area contributed by atoms with E-state index in [9.17, 15) is 0 Å². The van der Waals surface area contributed by atoms with Gasteiger partial charge in [0.05, 0.1) is 5.69 Å². The third kappa shape index (κ3) is 4.20. The molecule has 1 N–H and O–H groups in total. The van der Waals surface area contributed by atoms with Crippen molar-refractivity contribution < 1.29 is 4.42 Å².